The average molecular weight is 868 g/mol. The van der Waals surface area contributed by atoms with Crippen LogP contribution in [-0.2, 0) is 10.0 Å². The van der Waals surface area contributed by atoms with Gasteiger partial charge in [-0.3, -0.25) is 4.79 Å². The molecule has 0 atom stereocenters. The summed E-state index contributed by atoms with van der Waals surface area (Å²) < 4.78 is 33.3. The van der Waals surface area contributed by atoms with Crippen LogP contribution in [0.1, 0.15) is 48.5 Å². The molecule has 1 aliphatic carbocycles. The Morgan fingerprint density at radius 2 is 1.22 bits per heavy atom. The lowest BCUT2D eigenvalue weighted by molar-refractivity contribution is 0.100. The molecule has 3 aromatic heterocycles. The van der Waals surface area contributed by atoms with Gasteiger partial charge in [-0.05, 0) is 89.2 Å². The monoisotopic (exact) mass is 867 g/mol. The van der Waals surface area contributed by atoms with Gasteiger partial charge in [0, 0.05) is 27.9 Å². The fraction of sp³-hybridized carbons (Fsp3) is 0.111. The molecule has 65 heavy (non-hydrogen) atoms. The lowest BCUT2D eigenvalue weighted by atomic mass is 9.94. The number of fused-ring (bicyclic) bond motifs is 3. The van der Waals surface area contributed by atoms with Crippen LogP contribution in [0.2, 0.25) is 0 Å². The molecule has 1 amide bonds. The maximum atomic E-state index is 15.4. The predicted molar refractivity (Wildman–Crippen MR) is 257 cm³/mol. The van der Waals surface area contributed by atoms with Crippen LogP contribution in [0.25, 0.3) is 77.7 Å². The Bertz CT molecular complexity index is 3510. The smallest absolute Gasteiger partial charge is 0.273 e. The van der Waals surface area contributed by atoms with Crippen molar-refractivity contribution in [3.8, 4) is 44.9 Å². The van der Waals surface area contributed by atoms with E-state index in [1.165, 1.54) is 12.1 Å². The largest absolute Gasteiger partial charge is 0.319 e. The summed E-state index contributed by atoms with van der Waals surface area (Å²) >= 11 is 0. The van der Waals surface area contributed by atoms with E-state index in [2.05, 4.69) is 39.0 Å². The summed E-state index contributed by atoms with van der Waals surface area (Å²) in [5, 5.41) is 20.3. The van der Waals surface area contributed by atoms with Gasteiger partial charge < -0.3 is 4.57 Å². The summed E-state index contributed by atoms with van der Waals surface area (Å²) in [4.78, 5) is 20.6. The number of amides is 1. The van der Waals surface area contributed by atoms with Crippen LogP contribution < -0.4 is 4.31 Å². The number of hydrogen-bond donors (Lipinski definition) is 0. The Labute approximate surface area is 376 Å². The number of hydrogen-bond acceptors (Lipinski definition) is 8. The molecule has 1 saturated carbocycles. The summed E-state index contributed by atoms with van der Waals surface area (Å²) in [5.74, 6) is -0.268. The van der Waals surface area contributed by atoms with Crippen molar-refractivity contribution in [2.45, 2.75) is 43.0 Å². The normalized spacial score (nSPS) is 13.4. The molecule has 0 aliphatic heterocycles. The number of imidazole rings is 1. The highest BCUT2D eigenvalue weighted by Crippen LogP contribution is 2.43. The Morgan fingerprint density at radius 3 is 1.94 bits per heavy atom. The van der Waals surface area contributed by atoms with E-state index in [1.807, 2.05) is 115 Å². The number of aromatic nitrogens is 6. The van der Waals surface area contributed by atoms with E-state index in [4.69, 9.17) is 15.2 Å². The number of anilines is 1. The summed E-state index contributed by atoms with van der Waals surface area (Å²) in [5.41, 5.74) is 8.41. The van der Waals surface area contributed by atoms with Crippen molar-refractivity contribution in [3.63, 3.8) is 0 Å². The standard InChI is InChI=1S/C54H41N7O3S/c62-54(41-31-32-49-47(35-41)55-52(60(49)42-23-12-4-13-24-42)48-34-40-30-29-39(33-46(40)57-58-48)36-17-6-1-7-18-36)61(65(63,64)43-25-14-5-15-26-43)53-50(38-21-10-3-11-22-38)51-44(37-19-8-2-9-20-37)27-16-28-45(51)56-59-53/h1-3,5-11,14-22,25-35,42H,4,12-13,23-24H2. The molecule has 10 aromatic rings. The van der Waals surface area contributed by atoms with Crippen molar-refractivity contribution in [3.05, 3.63) is 188 Å². The van der Waals surface area contributed by atoms with E-state index in [0.717, 1.165) is 75.1 Å². The maximum absolute atomic E-state index is 15.4. The average Bonchev–Trinajstić information content (AvgIpc) is 3.76. The molecule has 7 aromatic carbocycles. The van der Waals surface area contributed by atoms with Gasteiger partial charge in [-0.25, -0.2) is 13.4 Å². The number of nitrogens with zero attached hydrogens (tertiary/aromatic N) is 7. The third-order valence-electron chi connectivity index (χ3n) is 12.4. The Morgan fingerprint density at radius 1 is 0.554 bits per heavy atom. The van der Waals surface area contributed by atoms with Crippen molar-refractivity contribution >= 4 is 54.6 Å². The number of carbonyl (C=O) groups is 1. The van der Waals surface area contributed by atoms with Crippen LogP contribution >= 0.6 is 0 Å². The maximum Gasteiger partial charge on any atom is 0.273 e. The van der Waals surface area contributed by atoms with Gasteiger partial charge in [0.05, 0.1) is 27.0 Å². The third kappa shape index (κ3) is 7.29. The van der Waals surface area contributed by atoms with Crippen molar-refractivity contribution < 1.29 is 13.2 Å². The van der Waals surface area contributed by atoms with Crippen molar-refractivity contribution in [2.75, 3.05) is 4.31 Å². The second kappa shape index (κ2) is 16.7. The Balaban J connectivity index is 1.09. The summed E-state index contributed by atoms with van der Waals surface area (Å²) in [6.07, 6.45) is 5.27. The second-order valence-corrected chi connectivity index (χ2v) is 18.2. The topological polar surface area (TPSA) is 124 Å². The number of benzene rings is 7. The highest BCUT2D eigenvalue weighted by Gasteiger charge is 2.37. The van der Waals surface area contributed by atoms with Crippen LogP contribution in [0.3, 0.4) is 0 Å². The number of rotatable bonds is 9. The minimum atomic E-state index is -4.60. The van der Waals surface area contributed by atoms with Gasteiger partial charge in [0.15, 0.2) is 11.6 Å². The van der Waals surface area contributed by atoms with Gasteiger partial charge in [0.2, 0.25) is 0 Å². The van der Waals surface area contributed by atoms with Crippen molar-refractivity contribution in [1.29, 1.82) is 0 Å². The number of sulfonamides is 1. The van der Waals surface area contributed by atoms with Gasteiger partial charge in [-0.1, -0.05) is 153 Å². The molecular formula is C54H41N7O3S. The zero-order chi connectivity index (χ0) is 43.9. The van der Waals surface area contributed by atoms with Crippen LogP contribution in [-0.4, -0.2) is 44.3 Å². The minimum absolute atomic E-state index is 0.0682. The molecule has 1 fully saturated rings. The molecule has 0 radical (unpaired) electrons. The van der Waals surface area contributed by atoms with E-state index in [-0.39, 0.29) is 22.3 Å². The highest BCUT2D eigenvalue weighted by atomic mass is 32.2. The van der Waals surface area contributed by atoms with Gasteiger partial charge in [0.1, 0.15) is 5.69 Å². The SMILES string of the molecule is O=C(c1ccc2c(c1)nc(-c1cc3ccc(-c4ccccc4)cc3nn1)n2C1CCCCC1)N(c1nnc2cccc(-c3ccccc3)c2c1-c1ccccc1)S(=O)(=O)c1ccccc1. The summed E-state index contributed by atoms with van der Waals surface area (Å²) in [7, 11) is -4.60. The Kier molecular flexibility index (Phi) is 10.2. The zero-order valence-electron chi connectivity index (χ0n) is 35.2. The molecule has 10 nitrogen and oxygen atoms in total. The fourth-order valence-electron chi connectivity index (χ4n) is 9.24. The van der Waals surface area contributed by atoms with Gasteiger partial charge in [-0.2, -0.15) is 4.31 Å². The first-order chi connectivity index (χ1) is 31.9. The number of carbonyl (C=O) groups excluding carboxylic acids is 1. The van der Waals surface area contributed by atoms with Crippen LogP contribution in [0.15, 0.2) is 187 Å². The van der Waals surface area contributed by atoms with Crippen molar-refractivity contribution in [2.24, 2.45) is 0 Å². The van der Waals surface area contributed by atoms with E-state index in [9.17, 15) is 0 Å². The summed E-state index contributed by atoms with van der Waals surface area (Å²) in [6, 6.07) is 56.8. The summed E-state index contributed by atoms with van der Waals surface area (Å²) in [6.45, 7) is 0. The third-order valence-corrected chi connectivity index (χ3v) is 14.1. The molecular weight excluding hydrogens is 827 g/mol. The molecule has 1 aliphatic rings. The first-order valence-corrected chi connectivity index (χ1v) is 23.3. The Hall–Kier alpha value is -7.89. The molecule has 11 heteroatoms. The highest BCUT2D eigenvalue weighted by molar-refractivity contribution is 7.93. The van der Waals surface area contributed by atoms with Gasteiger partial charge in [-0.15, -0.1) is 20.4 Å². The first kappa shape index (κ1) is 39.9. The molecule has 0 saturated heterocycles. The molecule has 0 bridgehead atoms. The van der Waals surface area contributed by atoms with E-state index in [0.29, 0.717) is 39.1 Å². The molecule has 0 spiro atoms. The van der Waals surface area contributed by atoms with Crippen molar-refractivity contribution in [1.82, 2.24) is 29.9 Å². The quantitative estimate of drug-likeness (QED) is 0.140. The fourth-order valence-corrected chi connectivity index (χ4v) is 10.6. The minimum Gasteiger partial charge on any atom is -0.319 e. The molecule has 11 rings (SSSR count). The lowest BCUT2D eigenvalue weighted by Crippen LogP contribution is -2.38. The van der Waals surface area contributed by atoms with Crippen LogP contribution in [0.5, 0.6) is 0 Å². The van der Waals surface area contributed by atoms with Crippen LogP contribution in [0.4, 0.5) is 5.82 Å². The molecule has 3 heterocycles. The lowest BCUT2D eigenvalue weighted by Gasteiger charge is -2.26. The van der Waals surface area contributed by atoms with E-state index >= 15 is 13.2 Å². The molecule has 316 valence electrons. The van der Waals surface area contributed by atoms with Crippen LogP contribution in [0, 0.1) is 0 Å². The predicted octanol–water partition coefficient (Wildman–Crippen LogP) is 12.1. The zero-order valence-corrected chi connectivity index (χ0v) is 36.0. The van der Waals surface area contributed by atoms with Gasteiger partial charge >= 0.3 is 0 Å². The molecule has 0 N–H and O–H groups in total. The van der Waals surface area contributed by atoms with E-state index < -0.39 is 15.9 Å². The van der Waals surface area contributed by atoms with E-state index in [1.54, 1.807) is 30.3 Å². The molecule has 0 unspecified atom stereocenters. The second-order valence-electron chi connectivity index (χ2n) is 16.4. The van der Waals surface area contributed by atoms with Gasteiger partial charge in [0.25, 0.3) is 15.9 Å². The first-order valence-electron chi connectivity index (χ1n) is 21.8.